The molecule has 0 heterocycles. The summed E-state index contributed by atoms with van der Waals surface area (Å²) in [7, 11) is -0.741. The molecular weight excluding hydrogens is 218 g/mol. The van der Waals surface area contributed by atoms with Crippen LogP contribution in [0.4, 0.5) is 0 Å². The highest BCUT2D eigenvalue weighted by Gasteiger charge is 2.22. The third-order valence-electron chi connectivity index (χ3n) is 2.52. The van der Waals surface area contributed by atoms with E-state index in [0.29, 0.717) is 0 Å². The highest BCUT2D eigenvalue weighted by molar-refractivity contribution is 8.30. The largest absolute Gasteiger partial charge is 0.343 e. The first-order valence-corrected chi connectivity index (χ1v) is 8.99. The third kappa shape index (κ3) is 4.24. The summed E-state index contributed by atoms with van der Waals surface area (Å²) in [5.74, 6) is 1.18. The van der Waals surface area contributed by atoms with Crippen molar-refractivity contribution in [1.29, 1.82) is 0 Å². The first-order chi connectivity index (χ1) is 7.42. The zero-order chi connectivity index (χ0) is 12.8. The molecule has 0 aromatic carbocycles. The number of aliphatic imine (C=N–C) groups is 1. The second-order valence-corrected chi connectivity index (χ2v) is 8.40. The van der Waals surface area contributed by atoms with Gasteiger partial charge in [-0.2, -0.15) is 10.2 Å². The van der Waals surface area contributed by atoms with Crippen molar-refractivity contribution in [2.45, 2.75) is 27.7 Å². The predicted molar refractivity (Wildman–Crippen MR) is 78.6 cm³/mol. The first kappa shape index (κ1) is 15.6. The molecule has 0 aliphatic carbocycles. The maximum atomic E-state index is 4.69. The number of hydrogen-bond donors (Lipinski definition) is 0. The van der Waals surface area contributed by atoms with Gasteiger partial charge in [-0.05, 0) is 46.5 Å². The first-order valence-electron chi connectivity index (χ1n) is 6.17. The lowest BCUT2D eigenvalue weighted by atomic mass is 10.5. The van der Waals surface area contributed by atoms with E-state index in [-0.39, 0.29) is 0 Å². The van der Waals surface area contributed by atoms with Crippen LogP contribution in [-0.2, 0) is 0 Å². The van der Waals surface area contributed by atoms with Crippen LogP contribution in [0, 0.1) is 0 Å². The van der Waals surface area contributed by atoms with E-state index in [4.69, 9.17) is 4.99 Å². The van der Waals surface area contributed by atoms with Crippen LogP contribution in [-0.4, -0.2) is 60.1 Å². The van der Waals surface area contributed by atoms with Gasteiger partial charge in [-0.3, -0.25) is 4.99 Å². The van der Waals surface area contributed by atoms with Gasteiger partial charge in [-0.15, -0.1) is 0 Å². The fourth-order valence-electron chi connectivity index (χ4n) is 1.76. The topological polar surface area (TPSA) is 18.8 Å². The summed E-state index contributed by atoms with van der Waals surface area (Å²) in [6.07, 6.45) is 6.97. The molecule has 0 atom stereocenters. The molecule has 16 heavy (non-hydrogen) atoms. The van der Waals surface area contributed by atoms with Crippen LogP contribution in [0.25, 0.3) is 0 Å². The van der Waals surface area contributed by atoms with E-state index in [0.717, 1.165) is 26.2 Å². The summed E-state index contributed by atoms with van der Waals surface area (Å²) in [4.78, 5) is 7.05. The van der Waals surface area contributed by atoms with Crippen molar-refractivity contribution >= 4 is 16.2 Å². The standard InChI is InChI=1S/C12H29N3S/c1-8-13-12(14(9-2)10-3)15(11-4)16(5,6)7/h8-11H2,1-7H3. The number of nitrogens with zero attached hydrogens (tertiary/aromatic N) is 3. The molecule has 0 rings (SSSR count). The van der Waals surface area contributed by atoms with Crippen LogP contribution in [0.2, 0.25) is 0 Å². The Morgan fingerprint density at radius 3 is 1.69 bits per heavy atom. The molecular formula is C12H29N3S. The molecule has 0 aliphatic heterocycles. The number of guanidine groups is 1. The van der Waals surface area contributed by atoms with Crippen LogP contribution in [0.3, 0.4) is 0 Å². The minimum absolute atomic E-state index is 0.741. The van der Waals surface area contributed by atoms with E-state index >= 15 is 0 Å². The van der Waals surface area contributed by atoms with Gasteiger partial charge in [0.2, 0.25) is 5.96 Å². The van der Waals surface area contributed by atoms with Crippen molar-refractivity contribution in [2.24, 2.45) is 4.99 Å². The second-order valence-electron chi connectivity index (χ2n) is 4.41. The number of hydrogen-bond acceptors (Lipinski definition) is 1. The Bertz CT molecular complexity index is 217. The molecule has 3 nitrogen and oxygen atoms in total. The van der Waals surface area contributed by atoms with Gasteiger partial charge in [-0.1, -0.05) is 0 Å². The molecule has 0 unspecified atom stereocenters. The van der Waals surface area contributed by atoms with E-state index in [2.05, 4.69) is 55.7 Å². The zero-order valence-electron chi connectivity index (χ0n) is 12.1. The van der Waals surface area contributed by atoms with Gasteiger partial charge in [0.05, 0.1) is 0 Å². The van der Waals surface area contributed by atoms with Crippen LogP contribution in [0.5, 0.6) is 0 Å². The molecule has 0 aromatic heterocycles. The van der Waals surface area contributed by atoms with Crippen molar-refractivity contribution in [3.63, 3.8) is 0 Å². The lowest BCUT2D eigenvalue weighted by molar-refractivity contribution is 0.415. The average molecular weight is 247 g/mol. The van der Waals surface area contributed by atoms with E-state index < -0.39 is 10.2 Å². The molecule has 0 amide bonds. The quantitative estimate of drug-likeness (QED) is 0.549. The molecule has 0 spiro atoms. The summed E-state index contributed by atoms with van der Waals surface area (Å²) in [5.41, 5.74) is 0. The molecule has 0 bridgehead atoms. The summed E-state index contributed by atoms with van der Waals surface area (Å²) in [6.45, 7) is 12.7. The van der Waals surface area contributed by atoms with Gasteiger partial charge in [0, 0.05) is 26.2 Å². The van der Waals surface area contributed by atoms with Crippen LogP contribution >= 0.6 is 10.2 Å². The van der Waals surface area contributed by atoms with Gasteiger partial charge >= 0.3 is 0 Å². The van der Waals surface area contributed by atoms with Gasteiger partial charge in [0.25, 0.3) is 0 Å². The van der Waals surface area contributed by atoms with Crippen LogP contribution in [0.15, 0.2) is 4.99 Å². The smallest absolute Gasteiger partial charge is 0.205 e. The van der Waals surface area contributed by atoms with Crippen molar-refractivity contribution in [1.82, 2.24) is 9.21 Å². The van der Waals surface area contributed by atoms with Crippen molar-refractivity contribution in [3.8, 4) is 0 Å². The second kappa shape index (κ2) is 7.05. The van der Waals surface area contributed by atoms with E-state index in [1.807, 2.05) is 0 Å². The van der Waals surface area contributed by atoms with E-state index in [9.17, 15) is 0 Å². The van der Waals surface area contributed by atoms with Gasteiger partial charge < -0.3 is 9.21 Å². The van der Waals surface area contributed by atoms with E-state index in [1.54, 1.807) is 0 Å². The Hall–Kier alpha value is -0.380. The Labute approximate surface area is 103 Å². The fraction of sp³-hybridized carbons (Fsp3) is 0.917. The minimum atomic E-state index is -0.741. The average Bonchev–Trinajstić information content (AvgIpc) is 2.18. The molecule has 0 saturated carbocycles. The van der Waals surface area contributed by atoms with Crippen molar-refractivity contribution in [3.05, 3.63) is 0 Å². The molecule has 0 radical (unpaired) electrons. The van der Waals surface area contributed by atoms with Crippen molar-refractivity contribution in [2.75, 3.05) is 44.9 Å². The van der Waals surface area contributed by atoms with Crippen LogP contribution in [0.1, 0.15) is 27.7 Å². The normalized spacial score (nSPS) is 13.8. The van der Waals surface area contributed by atoms with Gasteiger partial charge in [0.1, 0.15) is 0 Å². The van der Waals surface area contributed by atoms with Crippen molar-refractivity contribution < 1.29 is 0 Å². The molecule has 4 heteroatoms. The molecule has 0 aliphatic rings. The van der Waals surface area contributed by atoms with Gasteiger partial charge in [0.15, 0.2) is 0 Å². The maximum Gasteiger partial charge on any atom is 0.205 e. The lowest BCUT2D eigenvalue weighted by Gasteiger charge is -2.44. The Morgan fingerprint density at radius 2 is 1.44 bits per heavy atom. The maximum absolute atomic E-state index is 4.69. The Morgan fingerprint density at radius 1 is 0.938 bits per heavy atom. The molecule has 0 saturated heterocycles. The summed E-state index contributed by atoms with van der Waals surface area (Å²) in [5, 5.41) is 0. The summed E-state index contributed by atoms with van der Waals surface area (Å²) >= 11 is 0. The Kier molecular flexibility index (Phi) is 6.88. The van der Waals surface area contributed by atoms with E-state index in [1.165, 1.54) is 5.96 Å². The fourth-order valence-corrected chi connectivity index (χ4v) is 3.20. The highest BCUT2D eigenvalue weighted by atomic mass is 32.3. The highest BCUT2D eigenvalue weighted by Crippen LogP contribution is 2.40. The minimum Gasteiger partial charge on any atom is -0.343 e. The SMILES string of the molecule is CCN=C(N(CC)CC)N(CC)S(C)(C)C. The monoisotopic (exact) mass is 247 g/mol. The predicted octanol–water partition coefficient (Wildman–Crippen LogP) is 2.64. The Balaban J connectivity index is 5.09. The number of rotatable bonds is 5. The van der Waals surface area contributed by atoms with Gasteiger partial charge in [-0.25, -0.2) is 0 Å². The molecule has 98 valence electrons. The summed E-state index contributed by atoms with van der Waals surface area (Å²) < 4.78 is 2.46. The van der Waals surface area contributed by atoms with Crippen LogP contribution < -0.4 is 0 Å². The zero-order valence-corrected chi connectivity index (χ0v) is 12.9. The third-order valence-corrected chi connectivity index (χ3v) is 4.26. The lowest BCUT2D eigenvalue weighted by Crippen LogP contribution is -2.45. The summed E-state index contributed by atoms with van der Waals surface area (Å²) in [6, 6.07) is 0. The molecule has 0 N–H and O–H groups in total. The molecule has 0 aromatic rings. The molecule has 0 fully saturated rings.